The highest BCUT2D eigenvalue weighted by Crippen LogP contribution is 2.31. The molecule has 1 N–H and O–H groups in total. The number of hydrogen-bond acceptors (Lipinski definition) is 3. The lowest BCUT2D eigenvalue weighted by Gasteiger charge is -2.11. The first-order chi connectivity index (χ1) is 8.83. The van der Waals surface area contributed by atoms with Crippen molar-refractivity contribution in [3.8, 4) is 5.75 Å². The Morgan fingerprint density at radius 2 is 2.22 bits per heavy atom. The number of hydrogen-bond donors (Lipinski definition) is 1. The SMILES string of the molecule is Fc1cncc(CNC2COc3ccccc32)c1. The van der Waals surface area contributed by atoms with Gasteiger partial charge in [0.2, 0.25) is 0 Å². The van der Waals surface area contributed by atoms with E-state index >= 15 is 0 Å². The third-order valence-corrected chi connectivity index (χ3v) is 3.01. The maximum absolute atomic E-state index is 13.0. The van der Waals surface area contributed by atoms with Gasteiger partial charge in [0.25, 0.3) is 0 Å². The summed E-state index contributed by atoms with van der Waals surface area (Å²) in [6.45, 7) is 1.19. The van der Waals surface area contributed by atoms with Crippen LogP contribution in [0, 0.1) is 5.82 Å². The number of rotatable bonds is 3. The molecule has 3 nitrogen and oxygen atoms in total. The van der Waals surface area contributed by atoms with Gasteiger partial charge in [0.05, 0.1) is 12.2 Å². The first kappa shape index (κ1) is 11.2. The van der Waals surface area contributed by atoms with Crippen molar-refractivity contribution in [2.24, 2.45) is 0 Å². The molecule has 2 heterocycles. The van der Waals surface area contributed by atoms with E-state index in [0.717, 1.165) is 16.9 Å². The van der Waals surface area contributed by atoms with E-state index < -0.39 is 0 Å². The van der Waals surface area contributed by atoms with Crippen molar-refractivity contribution in [3.05, 3.63) is 59.7 Å². The minimum absolute atomic E-state index is 0.157. The lowest BCUT2D eigenvalue weighted by Crippen LogP contribution is -2.22. The highest BCUT2D eigenvalue weighted by molar-refractivity contribution is 5.39. The molecule has 92 valence electrons. The number of fused-ring (bicyclic) bond motifs is 1. The molecule has 1 aliphatic heterocycles. The van der Waals surface area contributed by atoms with Crippen molar-refractivity contribution in [1.82, 2.24) is 10.3 Å². The smallest absolute Gasteiger partial charge is 0.141 e. The Bertz CT molecular complexity index is 559. The van der Waals surface area contributed by atoms with E-state index in [2.05, 4.69) is 10.3 Å². The number of para-hydroxylation sites is 1. The van der Waals surface area contributed by atoms with Crippen LogP contribution in [0.5, 0.6) is 5.75 Å². The van der Waals surface area contributed by atoms with Crippen LogP contribution in [-0.2, 0) is 6.54 Å². The first-order valence-corrected chi connectivity index (χ1v) is 5.87. The fourth-order valence-corrected chi connectivity index (χ4v) is 2.13. The first-order valence-electron chi connectivity index (χ1n) is 5.87. The molecule has 18 heavy (non-hydrogen) atoms. The van der Waals surface area contributed by atoms with Gasteiger partial charge in [0, 0.05) is 18.3 Å². The number of benzene rings is 1. The second-order valence-electron chi connectivity index (χ2n) is 4.29. The molecule has 4 heteroatoms. The standard InChI is InChI=1S/C14H13FN2O/c15-11-5-10(6-16-8-11)7-17-13-9-18-14-4-2-1-3-12(13)14/h1-6,8,13,17H,7,9H2. The van der Waals surface area contributed by atoms with E-state index in [0.29, 0.717) is 13.2 Å². The lowest BCUT2D eigenvalue weighted by atomic mass is 10.1. The summed E-state index contributed by atoms with van der Waals surface area (Å²) in [5.74, 6) is 0.615. The van der Waals surface area contributed by atoms with E-state index in [9.17, 15) is 4.39 Å². The highest BCUT2D eigenvalue weighted by atomic mass is 19.1. The Kier molecular flexibility index (Phi) is 2.94. The molecular formula is C14H13FN2O. The summed E-state index contributed by atoms with van der Waals surface area (Å²) in [6, 6.07) is 9.60. The van der Waals surface area contributed by atoms with E-state index in [1.54, 1.807) is 6.20 Å². The number of aromatic nitrogens is 1. The summed E-state index contributed by atoms with van der Waals surface area (Å²) in [5.41, 5.74) is 1.99. The van der Waals surface area contributed by atoms with E-state index in [1.165, 1.54) is 12.3 Å². The van der Waals surface area contributed by atoms with Crippen molar-refractivity contribution >= 4 is 0 Å². The van der Waals surface area contributed by atoms with Gasteiger partial charge in [0.15, 0.2) is 0 Å². The topological polar surface area (TPSA) is 34.2 Å². The largest absolute Gasteiger partial charge is 0.491 e. The molecule has 0 aliphatic carbocycles. The van der Waals surface area contributed by atoms with Gasteiger partial charge in [-0.15, -0.1) is 0 Å². The van der Waals surface area contributed by atoms with Gasteiger partial charge in [-0.2, -0.15) is 0 Å². The highest BCUT2D eigenvalue weighted by Gasteiger charge is 2.22. The van der Waals surface area contributed by atoms with Gasteiger partial charge in [-0.25, -0.2) is 4.39 Å². The minimum Gasteiger partial charge on any atom is -0.491 e. The van der Waals surface area contributed by atoms with Crippen LogP contribution in [0.1, 0.15) is 17.2 Å². The van der Waals surface area contributed by atoms with Crippen molar-refractivity contribution in [2.75, 3.05) is 6.61 Å². The van der Waals surface area contributed by atoms with Crippen LogP contribution in [0.25, 0.3) is 0 Å². The maximum Gasteiger partial charge on any atom is 0.141 e. The number of pyridine rings is 1. The fraction of sp³-hybridized carbons (Fsp3) is 0.214. The number of nitrogens with one attached hydrogen (secondary N) is 1. The fourth-order valence-electron chi connectivity index (χ4n) is 2.13. The Hall–Kier alpha value is -1.94. The molecule has 1 unspecified atom stereocenters. The van der Waals surface area contributed by atoms with Gasteiger partial charge in [0.1, 0.15) is 18.2 Å². The lowest BCUT2D eigenvalue weighted by molar-refractivity contribution is 0.310. The predicted molar refractivity (Wildman–Crippen MR) is 65.7 cm³/mol. The molecule has 1 aromatic heterocycles. The second kappa shape index (κ2) is 4.74. The van der Waals surface area contributed by atoms with Crippen molar-refractivity contribution in [2.45, 2.75) is 12.6 Å². The molecule has 1 atom stereocenters. The summed E-state index contributed by atoms with van der Waals surface area (Å²) in [7, 11) is 0. The van der Waals surface area contributed by atoms with Crippen LogP contribution >= 0.6 is 0 Å². The van der Waals surface area contributed by atoms with Crippen molar-refractivity contribution in [3.63, 3.8) is 0 Å². The zero-order valence-corrected chi connectivity index (χ0v) is 9.77. The van der Waals surface area contributed by atoms with E-state index in [-0.39, 0.29) is 11.9 Å². The molecule has 1 aliphatic rings. The summed E-state index contributed by atoms with van der Waals surface area (Å²) in [6.07, 6.45) is 2.87. The van der Waals surface area contributed by atoms with Gasteiger partial charge < -0.3 is 10.1 Å². The molecule has 0 saturated heterocycles. The van der Waals surface area contributed by atoms with Crippen LogP contribution < -0.4 is 10.1 Å². The Morgan fingerprint density at radius 3 is 3.11 bits per heavy atom. The average molecular weight is 244 g/mol. The average Bonchev–Trinajstić information content (AvgIpc) is 2.80. The molecule has 0 radical (unpaired) electrons. The molecule has 0 bridgehead atoms. The minimum atomic E-state index is -0.308. The summed E-state index contributed by atoms with van der Waals surface area (Å²) in [5, 5.41) is 3.35. The molecular weight excluding hydrogens is 231 g/mol. The Balaban J connectivity index is 1.69. The van der Waals surface area contributed by atoms with Gasteiger partial charge >= 0.3 is 0 Å². The monoisotopic (exact) mass is 244 g/mol. The van der Waals surface area contributed by atoms with Crippen LogP contribution in [-0.4, -0.2) is 11.6 Å². The van der Waals surface area contributed by atoms with E-state index in [1.807, 2.05) is 24.3 Å². The Morgan fingerprint density at radius 1 is 1.33 bits per heavy atom. The summed E-state index contributed by atoms with van der Waals surface area (Å²) >= 11 is 0. The molecule has 0 saturated carbocycles. The third kappa shape index (κ3) is 2.19. The van der Waals surface area contributed by atoms with Gasteiger partial charge in [-0.05, 0) is 17.7 Å². The van der Waals surface area contributed by atoms with Crippen LogP contribution in [0.3, 0.4) is 0 Å². The summed E-state index contributed by atoms with van der Waals surface area (Å²) < 4.78 is 18.6. The second-order valence-corrected chi connectivity index (χ2v) is 4.29. The quantitative estimate of drug-likeness (QED) is 0.900. The van der Waals surface area contributed by atoms with Gasteiger partial charge in [-0.3, -0.25) is 4.98 Å². The molecule has 0 fully saturated rings. The molecule has 2 aromatic rings. The number of nitrogens with zero attached hydrogens (tertiary/aromatic N) is 1. The zero-order valence-electron chi connectivity index (χ0n) is 9.77. The molecule has 0 amide bonds. The number of halogens is 1. The zero-order chi connectivity index (χ0) is 12.4. The van der Waals surface area contributed by atoms with Crippen molar-refractivity contribution < 1.29 is 9.13 Å². The Labute approximate surface area is 105 Å². The molecule has 1 aromatic carbocycles. The number of ether oxygens (including phenoxy) is 1. The predicted octanol–water partition coefficient (Wildman–Crippen LogP) is 2.44. The van der Waals surface area contributed by atoms with Crippen LogP contribution in [0.2, 0.25) is 0 Å². The van der Waals surface area contributed by atoms with Crippen LogP contribution in [0.4, 0.5) is 4.39 Å². The third-order valence-electron chi connectivity index (χ3n) is 3.01. The normalized spacial score (nSPS) is 17.3. The maximum atomic E-state index is 13.0. The van der Waals surface area contributed by atoms with Gasteiger partial charge in [-0.1, -0.05) is 18.2 Å². The molecule has 3 rings (SSSR count). The van der Waals surface area contributed by atoms with E-state index in [4.69, 9.17) is 4.74 Å². The summed E-state index contributed by atoms with van der Waals surface area (Å²) in [4.78, 5) is 3.83. The molecule has 0 spiro atoms. The van der Waals surface area contributed by atoms with Crippen molar-refractivity contribution in [1.29, 1.82) is 0 Å². The van der Waals surface area contributed by atoms with Crippen LogP contribution in [0.15, 0.2) is 42.7 Å².